The average Bonchev–Trinajstić information content (AvgIpc) is 2.48. The van der Waals surface area contributed by atoms with E-state index in [0.717, 1.165) is 10.8 Å². The number of carbonyl (C=O) groups is 1. The van der Waals surface area contributed by atoms with Crippen molar-refractivity contribution in [1.82, 2.24) is 0 Å². The molecule has 0 spiro atoms. The molecule has 0 amide bonds. The summed E-state index contributed by atoms with van der Waals surface area (Å²) < 4.78 is 13.7. The highest BCUT2D eigenvalue weighted by molar-refractivity contribution is 6.31. The maximum absolute atomic E-state index is 13.7. The predicted molar refractivity (Wildman–Crippen MR) is 78.8 cm³/mol. The van der Waals surface area contributed by atoms with E-state index in [1.165, 1.54) is 18.2 Å². The molecule has 0 saturated heterocycles. The van der Waals surface area contributed by atoms with Crippen molar-refractivity contribution in [3.8, 4) is 0 Å². The summed E-state index contributed by atoms with van der Waals surface area (Å²) in [5.74, 6) is -0.927. The van der Waals surface area contributed by atoms with E-state index < -0.39 is 5.82 Å². The number of halogens is 2. The van der Waals surface area contributed by atoms with Crippen LogP contribution in [0.2, 0.25) is 5.02 Å². The Balaban J connectivity index is 2.10. The molecule has 3 aromatic carbocycles. The lowest BCUT2D eigenvalue weighted by Gasteiger charge is -2.05. The summed E-state index contributed by atoms with van der Waals surface area (Å²) in [6, 6.07) is 17.0. The topological polar surface area (TPSA) is 17.1 Å². The van der Waals surface area contributed by atoms with Crippen molar-refractivity contribution in [2.75, 3.05) is 0 Å². The molecule has 0 aliphatic heterocycles. The van der Waals surface area contributed by atoms with Gasteiger partial charge in [0.25, 0.3) is 0 Å². The summed E-state index contributed by atoms with van der Waals surface area (Å²) in [7, 11) is 0. The Kier molecular flexibility index (Phi) is 3.25. The molecule has 20 heavy (non-hydrogen) atoms. The van der Waals surface area contributed by atoms with Crippen LogP contribution in [0.25, 0.3) is 10.8 Å². The highest BCUT2D eigenvalue weighted by atomic mass is 35.5. The lowest BCUT2D eigenvalue weighted by molar-refractivity contribution is 0.103. The van der Waals surface area contributed by atoms with E-state index in [2.05, 4.69) is 0 Å². The van der Waals surface area contributed by atoms with Crippen molar-refractivity contribution >= 4 is 28.2 Å². The average molecular weight is 285 g/mol. The molecule has 0 unspecified atom stereocenters. The fourth-order valence-corrected chi connectivity index (χ4v) is 2.33. The molecule has 0 bridgehead atoms. The van der Waals surface area contributed by atoms with E-state index in [0.29, 0.717) is 10.6 Å². The smallest absolute Gasteiger partial charge is 0.196 e. The van der Waals surface area contributed by atoms with Crippen molar-refractivity contribution in [3.63, 3.8) is 0 Å². The van der Waals surface area contributed by atoms with Crippen molar-refractivity contribution in [2.45, 2.75) is 0 Å². The van der Waals surface area contributed by atoms with Crippen LogP contribution in [0, 0.1) is 5.82 Å². The molecule has 3 aromatic rings. The maximum Gasteiger partial charge on any atom is 0.196 e. The molecule has 0 fully saturated rings. The molecular formula is C17H10ClFO. The first-order valence-electron chi connectivity index (χ1n) is 6.14. The Morgan fingerprint density at radius 3 is 2.45 bits per heavy atom. The standard InChI is InChI=1S/C17H10ClFO/c18-14-7-8-16(19)15(10-14)17(20)13-6-5-11-3-1-2-4-12(11)9-13/h1-10H. The van der Waals surface area contributed by atoms with Crippen molar-refractivity contribution in [1.29, 1.82) is 0 Å². The largest absolute Gasteiger partial charge is 0.288 e. The van der Waals surface area contributed by atoms with Crippen LogP contribution >= 0.6 is 11.6 Å². The third-order valence-corrected chi connectivity index (χ3v) is 3.42. The molecule has 98 valence electrons. The van der Waals surface area contributed by atoms with Crippen LogP contribution in [0.5, 0.6) is 0 Å². The number of fused-ring (bicyclic) bond motifs is 1. The van der Waals surface area contributed by atoms with Crippen LogP contribution in [-0.2, 0) is 0 Å². The number of hydrogen-bond donors (Lipinski definition) is 0. The molecule has 0 aliphatic rings. The highest BCUT2D eigenvalue weighted by Crippen LogP contribution is 2.21. The first-order valence-corrected chi connectivity index (χ1v) is 6.51. The summed E-state index contributed by atoms with van der Waals surface area (Å²) in [5, 5.41) is 2.33. The van der Waals surface area contributed by atoms with Crippen LogP contribution in [0.4, 0.5) is 4.39 Å². The van der Waals surface area contributed by atoms with E-state index in [-0.39, 0.29) is 11.3 Å². The van der Waals surface area contributed by atoms with Crippen LogP contribution in [0.15, 0.2) is 60.7 Å². The monoisotopic (exact) mass is 284 g/mol. The Morgan fingerprint density at radius 1 is 0.900 bits per heavy atom. The van der Waals surface area contributed by atoms with Crippen LogP contribution < -0.4 is 0 Å². The summed E-state index contributed by atoms with van der Waals surface area (Å²) in [6.07, 6.45) is 0. The summed E-state index contributed by atoms with van der Waals surface area (Å²) in [6.45, 7) is 0. The minimum Gasteiger partial charge on any atom is -0.288 e. The maximum atomic E-state index is 13.7. The van der Waals surface area contributed by atoms with Crippen LogP contribution in [0.1, 0.15) is 15.9 Å². The zero-order valence-corrected chi connectivity index (χ0v) is 11.2. The fourth-order valence-electron chi connectivity index (χ4n) is 2.16. The van der Waals surface area contributed by atoms with E-state index >= 15 is 0 Å². The van der Waals surface area contributed by atoms with Gasteiger partial charge in [-0.1, -0.05) is 48.0 Å². The van der Waals surface area contributed by atoms with Gasteiger partial charge < -0.3 is 0 Å². The van der Waals surface area contributed by atoms with Gasteiger partial charge in [-0.3, -0.25) is 4.79 Å². The van der Waals surface area contributed by atoms with Gasteiger partial charge in [-0.25, -0.2) is 4.39 Å². The van der Waals surface area contributed by atoms with Gasteiger partial charge in [-0.05, 0) is 35.0 Å². The molecule has 3 heteroatoms. The second kappa shape index (κ2) is 5.06. The highest BCUT2D eigenvalue weighted by Gasteiger charge is 2.14. The molecule has 1 nitrogen and oxygen atoms in total. The summed E-state index contributed by atoms with van der Waals surface area (Å²) in [5.41, 5.74) is 0.442. The molecule has 0 saturated carbocycles. The van der Waals surface area contributed by atoms with E-state index in [1.807, 2.05) is 30.3 Å². The van der Waals surface area contributed by atoms with Gasteiger partial charge in [0.1, 0.15) is 5.82 Å². The number of carbonyl (C=O) groups excluding carboxylic acids is 1. The van der Waals surface area contributed by atoms with Gasteiger partial charge in [0.15, 0.2) is 5.78 Å². The van der Waals surface area contributed by atoms with E-state index in [9.17, 15) is 9.18 Å². The Hall–Kier alpha value is -2.19. The molecule has 3 rings (SSSR count). The lowest BCUT2D eigenvalue weighted by Crippen LogP contribution is -2.04. The Labute approximate surface area is 120 Å². The molecule has 0 aromatic heterocycles. The summed E-state index contributed by atoms with van der Waals surface area (Å²) in [4.78, 5) is 12.4. The van der Waals surface area contributed by atoms with Crippen molar-refractivity contribution in [3.05, 3.63) is 82.6 Å². The Bertz CT molecular complexity index is 811. The number of hydrogen-bond acceptors (Lipinski definition) is 1. The van der Waals surface area contributed by atoms with Gasteiger partial charge in [0, 0.05) is 10.6 Å². The number of benzene rings is 3. The van der Waals surface area contributed by atoms with Gasteiger partial charge in [-0.2, -0.15) is 0 Å². The van der Waals surface area contributed by atoms with E-state index in [1.54, 1.807) is 12.1 Å². The minimum absolute atomic E-state index is 0.00668. The molecule has 0 aliphatic carbocycles. The zero-order valence-electron chi connectivity index (χ0n) is 10.4. The minimum atomic E-state index is -0.562. The van der Waals surface area contributed by atoms with Gasteiger partial charge in [0.05, 0.1) is 5.56 Å². The quantitative estimate of drug-likeness (QED) is 0.614. The predicted octanol–water partition coefficient (Wildman–Crippen LogP) is 4.86. The first-order chi connectivity index (χ1) is 9.65. The number of rotatable bonds is 2. The fraction of sp³-hybridized carbons (Fsp3) is 0. The molecule has 0 heterocycles. The zero-order chi connectivity index (χ0) is 14.1. The van der Waals surface area contributed by atoms with Crippen molar-refractivity contribution in [2.24, 2.45) is 0 Å². The van der Waals surface area contributed by atoms with Crippen molar-refractivity contribution < 1.29 is 9.18 Å². The second-order valence-corrected chi connectivity index (χ2v) is 4.95. The lowest BCUT2D eigenvalue weighted by atomic mass is 10.00. The molecule has 0 radical (unpaired) electrons. The number of ketones is 1. The van der Waals surface area contributed by atoms with Crippen LogP contribution in [-0.4, -0.2) is 5.78 Å². The normalized spacial score (nSPS) is 10.7. The van der Waals surface area contributed by atoms with Crippen LogP contribution in [0.3, 0.4) is 0 Å². The second-order valence-electron chi connectivity index (χ2n) is 4.52. The third-order valence-electron chi connectivity index (χ3n) is 3.18. The van der Waals surface area contributed by atoms with E-state index in [4.69, 9.17) is 11.6 Å². The van der Waals surface area contributed by atoms with Gasteiger partial charge in [0.2, 0.25) is 0 Å². The SMILES string of the molecule is O=C(c1ccc2ccccc2c1)c1cc(Cl)ccc1F. The summed E-state index contributed by atoms with van der Waals surface area (Å²) >= 11 is 5.82. The van der Waals surface area contributed by atoms with Gasteiger partial charge in [-0.15, -0.1) is 0 Å². The molecular weight excluding hydrogens is 275 g/mol. The Morgan fingerprint density at radius 2 is 1.65 bits per heavy atom. The first kappa shape index (κ1) is 12.8. The molecule has 0 atom stereocenters. The van der Waals surface area contributed by atoms with Gasteiger partial charge >= 0.3 is 0 Å². The molecule has 0 N–H and O–H groups in total. The third kappa shape index (κ3) is 2.30.